The maximum atomic E-state index is 12.9. The Hall–Kier alpha value is -4.40. The summed E-state index contributed by atoms with van der Waals surface area (Å²) in [7, 11) is 0. The minimum atomic E-state index is -0.476. The number of nitrogens with one attached hydrogen (secondary N) is 2. The molecule has 33 heavy (non-hydrogen) atoms. The van der Waals surface area contributed by atoms with E-state index in [-0.39, 0.29) is 29.0 Å². The lowest BCUT2D eigenvalue weighted by Gasteiger charge is -2.18. The van der Waals surface area contributed by atoms with E-state index >= 15 is 0 Å². The van der Waals surface area contributed by atoms with Crippen LogP contribution in [0.3, 0.4) is 0 Å². The van der Waals surface area contributed by atoms with Crippen molar-refractivity contribution in [3.05, 3.63) is 82.6 Å². The average molecular weight is 444 g/mol. The second-order valence-electron chi connectivity index (χ2n) is 7.73. The van der Waals surface area contributed by atoms with Crippen molar-refractivity contribution in [3.8, 4) is 11.5 Å². The third-order valence-electron chi connectivity index (χ3n) is 5.48. The molecule has 0 spiro atoms. The van der Waals surface area contributed by atoms with Crippen LogP contribution in [0.25, 0.3) is 11.1 Å². The van der Waals surface area contributed by atoms with E-state index in [1.54, 1.807) is 36.1 Å². The number of rotatable bonds is 5. The predicted molar refractivity (Wildman–Crippen MR) is 121 cm³/mol. The number of aryl methyl sites for hydroxylation is 1. The van der Waals surface area contributed by atoms with Crippen LogP contribution in [0.2, 0.25) is 0 Å². The number of hydrogen-bond donors (Lipinski definition) is 2. The highest BCUT2D eigenvalue weighted by molar-refractivity contribution is 6.07. The number of aromatic nitrogens is 2. The fourth-order valence-corrected chi connectivity index (χ4v) is 3.96. The van der Waals surface area contributed by atoms with Crippen molar-refractivity contribution in [1.29, 1.82) is 0 Å². The van der Waals surface area contributed by atoms with Crippen LogP contribution in [0.15, 0.2) is 70.1 Å². The molecule has 1 atom stereocenters. The Labute approximate surface area is 188 Å². The third-order valence-corrected chi connectivity index (χ3v) is 5.48. The van der Waals surface area contributed by atoms with Gasteiger partial charge in [-0.3, -0.25) is 14.4 Å². The first-order valence-corrected chi connectivity index (χ1v) is 10.4. The summed E-state index contributed by atoms with van der Waals surface area (Å²) < 4.78 is 11.2. The molecule has 2 N–H and O–H groups in total. The van der Waals surface area contributed by atoms with Crippen molar-refractivity contribution in [2.75, 3.05) is 11.4 Å². The second kappa shape index (κ2) is 8.27. The van der Waals surface area contributed by atoms with Crippen molar-refractivity contribution in [2.24, 2.45) is 0 Å². The molecule has 9 heteroatoms. The Balaban J connectivity index is 1.29. The normalized spacial score (nSPS) is 15.7. The lowest BCUT2D eigenvalue weighted by atomic mass is 10.1. The molecular weight excluding hydrogens is 424 g/mol. The number of ether oxygens (including phenoxy) is 1. The van der Waals surface area contributed by atoms with E-state index in [2.05, 4.69) is 15.3 Å². The summed E-state index contributed by atoms with van der Waals surface area (Å²) in [5.74, 6) is 1.09. The number of fused-ring (bicyclic) bond motifs is 1. The largest absolute Gasteiger partial charge is 0.457 e. The Morgan fingerprint density at radius 1 is 1.12 bits per heavy atom. The quantitative estimate of drug-likeness (QED) is 0.488. The van der Waals surface area contributed by atoms with E-state index in [0.717, 1.165) is 5.75 Å². The summed E-state index contributed by atoms with van der Waals surface area (Å²) in [5, 5.41) is 2.95. The number of para-hydroxylation sites is 1. The van der Waals surface area contributed by atoms with Crippen molar-refractivity contribution in [3.63, 3.8) is 0 Å². The van der Waals surface area contributed by atoms with Gasteiger partial charge >= 0.3 is 0 Å². The highest BCUT2D eigenvalue weighted by Gasteiger charge is 2.33. The Bertz CT molecular complexity index is 1390. The zero-order chi connectivity index (χ0) is 22.9. The predicted octanol–water partition coefficient (Wildman–Crippen LogP) is 3.15. The lowest BCUT2D eigenvalue weighted by molar-refractivity contribution is -0.117. The van der Waals surface area contributed by atoms with Crippen LogP contribution in [-0.2, 0) is 4.79 Å². The van der Waals surface area contributed by atoms with Crippen LogP contribution in [0.1, 0.15) is 22.5 Å². The number of aromatic amines is 1. The molecule has 1 saturated heterocycles. The lowest BCUT2D eigenvalue weighted by Crippen LogP contribution is -2.37. The molecular formula is C24H20N4O5. The minimum absolute atomic E-state index is 0.0997. The van der Waals surface area contributed by atoms with Gasteiger partial charge in [0.2, 0.25) is 11.6 Å². The SMILES string of the molecule is Cc1oc2nc[nH]c(=O)c2c1C(=O)NC1CC(=O)N(c2ccc(Oc3ccccc3)cc2)C1. The summed E-state index contributed by atoms with van der Waals surface area (Å²) in [6, 6.07) is 16.2. The van der Waals surface area contributed by atoms with Gasteiger partial charge in [0.25, 0.3) is 11.5 Å². The van der Waals surface area contributed by atoms with Crippen molar-refractivity contribution in [1.82, 2.24) is 15.3 Å². The molecule has 1 fully saturated rings. The molecule has 3 heterocycles. The monoisotopic (exact) mass is 444 g/mol. The topological polar surface area (TPSA) is 118 Å². The third kappa shape index (κ3) is 3.96. The van der Waals surface area contributed by atoms with Gasteiger partial charge in [0.05, 0.1) is 17.9 Å². The number of carbonyl (C=O) groups is 2. The number of amides is 2. The Morgan fingerprint density at radius 3 is 2.61 bits per heavy atom. The highest BCUT2D eigenvalue weighted by Crippen LogP contribution is 2.27. The van der Waals surface area contributed by atoms with Crippen LogP contribution in [-0.4, -0.2) is 34.4 Å². The molecule has 0 saturated carbocycles. The fraction of sp³-hybridized carbons (Fsp3) is 0.167. The van der Waals surface area contributed by atoms with Gasteiger partial charge in [0, 0.05) is 18.7 Å². The van der Waals surface area contributed by atoms with E-state index in [0.29, 0.717) is 23.7 Å². The van der Waals surface area contributed by atoms with Crippen LogP contribution in [0.4, 0.5) is 5.69 Å². The molecule has 1 aliphatic heterocycles. The van der Waals surface area contributed by atoms with Gasteiger partial charge in [0.15, 0.2) is 0 Å². The highest BCUT2D eigenvalue weighted by atomic mass is 16.5. The first kappa shape index (κ1) is 20.5. The van der Waals surface area contributed by atoms with E-state index < -0.39 is 17.5 Å². The maximum Gasteiger partial charge on any atom is 0.262 e. The second-order valence-corrected chi connectivity index (χ2v) is 7.73. The molecule has 1 unspecified atom stereocenters. The van der Waals surface area contributed by atoms with Crippen molar-refractivity contribution in [2.45, 2.75) is 19.4 Å². The molecule has 166 valence electrons. The summed E-state index contributed by atoms with van der Waals surface area (Å²) >= 11 is 0. The van der Waals surface area contributed by atoms with Crippen LogP contribution >= 0.6 is 0 Å². The zero-order valence-electron chi connectivity index (χ0n) is 17.7. The smallest absolute Gasteiger partial charge is 0.262 e. The van der Waals surface area contributed by atoms with Gasteiger partial charge in [-0.05, 0) is 43.3 Å². The number of anilines is 1. The maximum absolute atomic E-state index is 12.9. The molecule has 9 nitrogen and oxygen atoms in total. The van der Waals surface area contributed by atoms with Crippen molar-refractivity contribution >= 4 is 28.6 Å². The van der Waals surface area contributed by atoms with E-state index in [9.17, 15) is 14.4 Å². The molecule has 4 aromatic rings. The van der Waals surface area contributed by atoms with Gasteiger partial charge in [-0.15, -0.1) is 0 Å². The molecule has 2 amide bonds. The summed E-state index contributed by atoms with van der Waals surface area (Å²) in [6.45, 7) is 1.91. The number of carbonyl (C=O) groups excluding carboxylic acids is 2. The molecule has 2 aromatic carbocycles. The van der Waals surface area contributed by atoms with Gasteiger partial charge in [-0.1, -0.05) is 18.2 Å². The van der Waals surface area contributed by atoms with Gasteiger partial charge in [-0.2, -0.15) is 0 Å². The fourth-order valence-electron chi connectivity index (χ4n) is 3.96. The van der Waals surface area contributed by atoms with Gasteiger partial charge in [0.1, 0.15) is 22.6 Å². The zero-order valence-corrected chi connectivity index (χ0v) is 17.7. The number of H-pyrrole nitrogens is 1. The van der Waals surface area contributed by atoms with E-state index in [1.807, 2.05) is 30.3 Å². The molecule has 2 aromatic heterocycles. The van der Waals surface area contributed by atoms with Crippen molar-refractivity contribution < 1.29 is 18.7 Å². The molecule has 0 aliphatic carbocycles. The Morgan fingerprint density at radius 2 is 1.85 bits per heavy atom. The molecule has 1 aliphatic rings. The van der Waals surface area contributed by atoms with Crippen LogP contribution < -0.4 is 20.5 Å². The first-order chi connectivity index (χ1) is 16.0. The summed E-state index contributed by atoms with van der Waals surface area (Å²) in [5.41, 5.74) is 0.489. The molecule has 0 radical (unpaired) electrons. The van der Waals surface area contributed by atoms with Gasteiger partial charge < -0.3 is 24.4 Å². The van der Waals surface area contributed by atoms with Crippen LogP contribution in [0, 0.1) is 6.92 Å². The van der Waals surface area contributed by atoms with E-state index in [1.165, 1.54) is 6.33 Å². The van der Waals surface area contributed by atoms with Gasteiger partial charge in [-0.25, -0.2) is 4.98 Å². The Kier molecular flexibility index (Phi) is 5.14. The standard InChI is InChI=1S/C24H20N4O5/c1-14-20(21-22(30)25-13-26-24(21)32-14)23(31)27-15-11-19(29)28(12-15)16-7-9-18(10-8-16)33-17-5-3-2-4-6-17/h2-10,13,15H,11-12H2,1H3,(H,27,31)(H,25,26,30). The van der Waals surface area contributed by atoms with Crippen LogP contribution in [0.5, 0.6) is 11.5 Å². The number of benzene rings is 2. The average Bonchev–Trinajstić information content (AvgIpc) is 3.34. The summed E-state index contributed by atoms with van der Waals surface area (Å²) in [4.78, 5) is 45.7. The molecule has 5 rings (SSSR count). The number of furan rings is 1. The minimum Gasteiger partial charge on any atom is -0.457 e. The number of nitrogens with zero attached hydrogens (tertiary/aromatic N) is 2. The first-order valence-electron chi connectivity index (χ1n) is 10.4. The van der Waals surface area contributed by atoms with E-state index in [4.69, 9.17) is 9.15 Å². The number of hydrogen-bond acceptors (Lipinski definition) is 6. The summed E-state index contributed by atoms with van der Waals surface area (Å²) in [6.07, 6.45) is 1.37. The molecule has 0 bridgehead atoms.